The predicted octanol–water partition coefficient (Wildman–Crippen LogP) is 2.82. The van der Waals surface area contributed by atoms with Crippen molar-refractivity contribution in [2.75, 3.05) is 25.0 Å². The van der Waals surface area contributed by atoms with Gasteiger partial charge in [0, 0.05) is 41.0 Å². The summed E-state index contributed by atoms with van der Waals surface area (Å²) in [6, 6.07) is 13.0. The third kappa shape index (κ3) is 4.27. The smallest absolute Gasteiger partial charge is 0.251 e. The second kappa shape index (κ2) is 9.38. The number of carbonyl (C=O) groups is 1. The topological polar surface area (TPSA) is 130 Å². The van der Waals surface area contributed by atoms with Crippen LogP contribution in [-0.2, 0) is 5.54 Å². The van der Waals surface area contributed by atoms with Crippen LogP contribution in [0.1, 0.15) is 40.6 Å². The van der Waals surface area contributed by atoms with E-state index in [2.05, 4.69) is 36.1 Å². The maximum Gasteiger partial charge on any atom is 0.251 e. The van der Waals surface area contributed by atoms with Crippen molar-refractivity contribution in [3.05, 3.63) is 84.2 Å². The highest BCUT2D eigenvalue weighted by molar-refractivity contribution is 5.95. The number of nitrogens with zero attached hydrogens (tertiary/aromatic N) is 4. The van der Waals surface area contributed by atoms with Gasteiger partial charge in [-0.1, -0.05) is 6.07 Å². The van der Waals surface area contributed by atoms with Gasteiger partial charge >= 0.3 is 0 Å². The molecule has 1 atom stereocenters. The summed E-state index contributed by atoms with van der Waals surface area (Å²) >= 11 is 0. The van der Waals surface area contributed by atoms with Crippen molar-refractivity contribution in [1.29, 1.82) is 0 Å². The Morgan fingerprint density at radius 1 is 1.06 bits per heavy atom. The number of nitrogens with one attached hydrogen (secondary N) is 4. The summed E-state index contributed by atoms with van der Waals surface area (Å²) in [7, 11) is 0. The minimum Gasteiger partial charge on any atom is -0.489 e. The summed E-state index contributed by atoms with van der Waals surface area (Å²) in [5, 5.41) is 17.8. The van der Waals surface area contributed by atoms with E-state index in [1.54, 1.807) is 24.8 Å². The molecule has 4 aromatic rings. The zero-order chi connectivity index (χ0) is 24.4. The molecule has 0 spiro atoms. The van der Waals surface area contributed by atoms with E-state index < -0.39 is 5.54 Å². The number of anilines is 1. The van der Waals surface area contributed by atoms with Crippen molar-refractivity contribution in [2.45, 2.75) is 24.4 Å². The number of hydrogen-bond acceptors (Lipinski definition) is 8. The normalized spacial score (nSPS) is 18.2. The Bertz CT molecular complexity index is 1370. The second-order valence-corrected chi connectivity index (χ2v) is 9.03. The van der Waals surface area contributed by atoms with Crippen molar-refractivity contribution in [3.8, 4) is 17.1 Å². The predicted molar refractivity (Wildman–Crippen MR) is 133 cm³/mol. The number of rotatable bonds is 6. The molecule has 10 nitrogen and oxygen atoms in total. The molecule has 5 heterocycles. The van der Waals surface area contributed by atoms with Gasteiger partial charge in [0.25, 0.3) is 5.91 Å². The Labute approximate surface area is 207 Å². The highest BCUT2D eigenvalue weighted by Crippen LogP contribution is 2.34. The second-order valence-electron chi connectivity index (χ2n) is 9.03. The zero-order valence-corrected chi connectivity index (χ0v) is 19.6. The van der Waals surface area contributed by atoms with Crippen LogP contribution in [0.5, 0.6) is 5.75 Å². The van der Waals surface area contributed by atoms with E-state index in [1.807, 2.05) is 42.5 Å². The standard InChI is InChI=1S/C26H26N8O2/c35-24(30-21-16-36-22-15-29-11-6-20(21)22)18-2-1-3-19(14-18)32-26(7-12-28-13-8-26)25-31-23(33-34-25)17-4-9-27-10-5-17/h1-6,9-11,14-15,21,28,32H,7-8,12-13,16H2,(H,30,35)(H,31,33,34)/t21-/m0/s1. The fourth-order valence-corrected chi connectivity index (χ4v) is 4.82. The summed E-state index contributed by atoms with van der Waals surface area (Å²) < 4.78 is 5.65. The van der Waals surface area contributed by atoms with Gasteiger partial charge in [0.1, 0.15) is 12.4 Å². The van der Waals surface area contributed by atoms with E-state index >= 15 is 0 Å². The van der Waals surface area contributed by atoms with E-state index in [1.165, 1.54) is 0 Å². The van der Waals surface area contributed by atoms with Crippen molar-refractivity contribution < 1.29 is 9.53 Å². The number of fused-ring (bicyclic) bond motifs is 1. The maximum atomic E-state index is 13.1. The number of H-pyrrole nitrogens is 1. The number of aromatic nitrogens is 5. The molecule has 2 aliphatic rings. The first-order valence-electron chi connectivity index (χ1n) is 12.0. The molecule has 0 aliphatic carbocycles. The maximum absolute atomic E-state index is 13.1. The van der Waals surface area contributed by atoms with E-state index in [0.717, 1.165) is 48.6 Å². The molecular formula is C26H26N8O2. The van der Waals surface area contributed by atoms with Gasteiger partial charge in [-0.2, -0.15) is 5.10 Å². The third-order valence-electron chi connectivity index (χ3n) is 6.75. The number of benzene rings is 1. The highest BCUT2D eigenvalue weighted by Gasteiger charge is 2.37. The molecule has 6 rings (SSSR count). The number of piperidine rings is 1. The molecule has 2 aliphatic heterocycles. The van der Waals surface area contributed by atoms with Crippen LogP contribution < -0.4 is 20.7 Å². The molecule has 0 bridgehead atoms. The largest absolute Gasteiger partial charge is 0.489 e. The number of ether oxygens (including phenoxy) is 1. The van der Waals surface area contributed by atoms with Crippen LogP contribution in [-0.4, -0.2) is 50.8 Å². The summed E-state index contributed by atoms with van der Waals surface area (Å²) in [5.41, 5.74) is 2.82. The molecule has 0 unspecified atom stereocenters. The van der Waals surface area contributed by atoms with Crippen molar-refractivity contribution in [2.24, 2.45) is 0 Å². The van der Waals surface area contributed by atoms with E-state index in [4.69, 9.17) is 9.72 Å². The average Bonchev–Trinajstić information content (AvgIpc) is 3.59. The lowest BCUT2D eigenvalue weighted by Crippen LogP contribution is -2.46. The number of carbonyl (C=O) groups excluding carboxylic acids is 1. The molecule has 36 heavy (non-hydrogen) atoms. The number of hydrogen-bond donors (Lipinski definition) is 4. The van der Waals surface area contributed by atoms with Crippen LogP contribution in [0.25, 0.3) is 11.4 Å². The molecule has 4 N–H and O–H groups in total. The third-order valence-corrected chi connectivity index (χ3v) is 6.75. The molecule has 1 fully saturated rings. The van der Waals surface area contributed by atoms with Gasteiger partial charge in [-0.05, 0) is 62.3 Å². The first-order valence-corrected chi connectivity index (χ1v) is 12.0. The Hall–Kier alpha value is -4.31. The van der Waals surface area contributed by atoms with Crippen molar-refractivity contribution >= 4 is 11.6 Å². The zero-order valence-electron chi connectivity index (χ0n) is 19.6. The summed E-state index contributed by atoms with van der Waals surface area (Å²) in [5.74, 6) is 1.97. The van der Waals surface area contributed by atoms with E-state index in [0.29, 0.717) is 23.7 Å². The summed E-state index contributed by atoms with van der Waals surface area (Å²) in [6.07, 6.45) is 8.48. The lowest BCUT2D eigenvalue weighted by Gasteiger charge is -2.37. The van der Waals surface area contributed by atoms with Gasteiger partial charge in [0.2, 0.25) is 0 Å². The fourth-order valence-electron chi connectivity index (χ4n) is 4.82. The first kappa shape index (κ1) is 22.2. The van der Waals surface area contributed by atoms with Crippen LogP contribution in [0.4, 0.5) is 5.69 Å². The number of pyridine rings is 2. The van der Waals surface area contributed by atoms with Gasteiger partial charge in [-0.15, -0.1) is 0 Å². The van der Waals surface area contributed by atoms with Crippen LogP contribution >= 0.6 is 0 Å². The van der Waals surface area contributed by atoms with Gasteiger partial charge in [-0.3, -0.25) is 19.9 Å². The van der Waals surface area contributed by atoms with Crippen molar-refractivity contribution in [1.82, 2.24) is 35.8 Å². The molecule has 1 amide bonds. The molecule has 1 aromatic carbocycles. The molecule has 3 aromatic heterocycles. The van der Waals surface area contributed by atoms with Crippen LogP contribution in [0.2, 0.25) is 0 Å². The minimum absolute atomic E-state index is 0.157. The first-order chi connectivity index (χ1) is 17.7. The monoisotopic (exact) mass is 482 g/mol. The van der Waals surface area contributed by atoms with Gasteiger partial charge in [0.05, 0.1) is 17.8 Å². The lowest BCUT2D eigenvalue weighted by molar-refractivity contribution is 0.0930. The fraction of sp³-hybridized carbons (Fsp3) is 0.269. The Morgan fingerprint density at radius 3 is 2.75 bits per heavy atom. The molecule has 1 saturated heterocycles. The Balaban J connectivity index is 1.23. The molecule has 182 valence electrons. The van der Waals surface area contributed by atoms with Gasteiger partial charge in [-0.25, -0.2) is 4.98 Å². The average molecular weight is 483 g/mol. The van der Waals surface area contributed by atoms with Crippen molar-refractivity contribution in [3.63, 3.8) is 0 Å². The molecule has 0 radical (unpaired) electrons. The van der Waals surface area contributed by atoms with Crippen LogP contribution in [0.15, 0.2) is 67.3 Å². The lowest BCUT2D eigenvalue weighted by atomic mass is 9.87. The Kier molecular flexibility index (Phi) is 5.78. The minimum atomic E-state index is -0.441. The number of amides is 1. The van der Waals surface area contributed by atoms with Crippen LogP contribution in [0, 0.1) is 0 Å². The quantitative estimate of drug-likeness (QED) is 0.330. The summed E-state index contributed by atoms with van der Waals surface area (Å²) in [4.78, 5) is 26.1. The van der Waals surface area contributed by atoms with Gasteiger partial charge in [0.15, 0.2) is 11.6 Å². The van der Waals surface area contributed by atoms with Gasteiger partial charge < -0.3 is 20.7 Å². The SMILES string of the molecule is O=C(N[C@H]1COc2cnccc21)c1cccc(NC2(c3nc(-c4ccncc4)n[nH]3)CCNCC2)c1. The molecule has 0 saturated carbocycles. The van der Waals surface area contributed by atoms with E-state index in [-0.39, 0.29) is 11.9 Å². The number of aromatic amines is 1. The molecular weight excluding hydrogens is 456 g/mol. The van der Waals surface area contributed by atoms with Crippen LogP contribution in [0.3, 0.4) is 0 Å². The Morgan fingerprint density at radius 2 is 1.89 bits per heavy atom. The van der Waals surface area contributed by atoms with E-state index in [9.17, 15) is 4.79 Å². The summed E-state index contributed by atoms with van der Waals surface area (Å²) in [6.45, 7) is 2.08. The highest BCUT2D eigenvalue weighted by atomic mass is 16.5. The molecule has 10 heteroatoms.